The molecule has 0 unspecified atom stereocenters. The van der Waals surface area contributed by atoms with Crippen molar-refractivity contribution < 1.29 is 19.0 Å². The molecule has 0 radical (unpaired) electrons. The molecule has 0 aliphatic carbocycles. The summed E-state index contributed by atoms with van der Waals surface area (Å²) in [5.74, 6) is 1.42. The number of benzene rings is 1. The van der Waals surface area contributed by atoms with Gasteiger partial charge in [-0.05, 0) is 37.0 Å². The van der Waals surface area contributed by atoms with Crippen LogP contribution >= 0.6 is 15.9 Å². The van der Waals surface area contributed by atoms with E-state index in [0.717, 1.165) is 41.7 Å². The van der Waals surface area contributed by atoms with E-state index < -0.39 is 0 Å². The van der Waals surface area contributed by atoms with Crippen molar-refractivity contribution >= 4 is 21.9 Å². The van der Waals surface area contributed by atoms with Gasteiger partial charge in [0.2, 0.25) is 0 Å². The Labute approximate surface area is 255 Å². The van der Waals surface area contributed by atoms with Crippen LogP contribution in [-0.2, 0) is 16.1 Å². The zero-order valence-electron chi connectivity index (χ0n) is 26.1. The summed E-state index contributed by atoms with van der Waals surface area (Å²) < 4.78 is 17.8. The van der Waals surface area contributed by atoms with Gasteiger partial charge in [0.25, 0.3) is 0 Å². The third-order valence-corrected chi connectivity index (χ3v) is 7.99. The van der Waals surface area contributed by atoms with E-state index in [1.165, 1.54) is 116 Å². The Balaban J connectivity index is 2.38. The normalized spacial score (nSPS) is 11.1. The van der Waals surface area contributed by atoms with Crippen molar-refractivity contribution in [3.8, 4) is 11.5 Å². The molecular weight excluding hydrogens is 564 g/mol. The van der Waals surface area contributed by atoms with Gasteiger partial charge in [0.1, 0.15) is 6.61 Å². The van der Waals surface area contributed by atoms with Crippen LogP contribution in [0.25, 0.3) is 0 Å². The molecule has 0 spiro atoms. The number of carbonyl (C=O) groups excluding carboxylic acids is 1. The molecule has 40 heavy (non-hydrogen) atoms. The summed E-state index contributed by atoms with van der Waals surface area (Å²) in [7, 11) is 0. The van der Waals surface area contributed by atoms with Crippen molar-refractivity contribution in [2.75, 3.05) is 18.5 Å². The fourth-order valence-corrected chi connectivity index (χ4v) is 5.15. The molecule has 1 aromatic rings. The van der Waals surface area contributed by atoms with Crippen molar-refractivity contribution in [1.29, 1.82) is 0 Å². The molecule has 232 valence electrons. The van der Waals surface area contributed by atoms with Crippen LogP contribution in [0, 0.1) is 0 Å². The second-order valence-corrected chi connectivity index (χ2v) is 12.1. The Bertz CT molecular complexity index is 709. The first-order chi connectivity index (χ1) is 19.7. The first-order valence-electron chi connectivity index (χ1n) is 16.8. The number of hydrogen-bond donors (Lipinski definition) is 0. The van der Waals surface area contributed by atoms with Crippen LogP contribution in [0.15, 0.2) is 18.2 Å². The number of alkyl halides is 1. The van der Waals surface area contributed by atoms with E-state index in [1.807, 2.05) is 18.2 Å². The summed E-state index contributed by atoms with van der Waals surface area (Å²) in [4.78, 5) is 11.9. The molecule has 0 bridgehead atoms. The molecule has 0 heterocycles. The van der Waals surface area contributed by atoms with Gasteiger partial charge in [-0.15, -0.1) is 0 Å². The second kappa shape index (κ2) is 27.9. The van der Waals surface area contributed by atoms with Crippen molar-refractivity contribution in [3.05, 3.63) is 23.8 Å². The molecule has 0 amide bonds. The van der Waals surface area contributed by atoms with E-state index in [-0.39, 0.29) is 12.6 Å². The quantitative estimate of drug-likeness (QED) is 0.0505. The molecule has 1 rings (SSSR count). The summed E-state index contributed by atoms with van der Waals surface area (Å²) in [5.41, 5.74) is 0.941. The SMILES string of the molecule is CCCCCCCCCCCCOc1ccc(COC(=O)CCCBr)cc1OCCCCCCCCCCCC. The fourth-order valence-electron chi connectivity index (χ4n) is 4.86. The largest absolute Gasteiger partial charge is 0.490 e. The standard InChI is InChI=1S/C35H61BrO4/c1-3-5-7-9-11-13-15-17-19-21-28-38-33-26-25-32(31-40-35(37)24-23-27-36)30-34(33)39-29-22-20-18-16-14-12-10-8-6-4-2/h25-26,30H,3-24,27-29,31H2,1-2H3. The molecule has 4 nitrogen and oxygen atoms in total. The monoisotopic (exact) mass is 624 g/mol. The third kappa shape index (κ3) is 21.5. The van der Waals surface area contributed by atoms with E-state index in [0.29, 0.717) is 19.6 Å². The molecule has 0 aromatic heterocycles. The molecule has 0 aliphatic rings. The highest BCUT2D eigenvalue weighted by atomic mass is 79.9. The lowest BCUT2D eigenvalue weighted by Gasteiger charge is -2.15. The van der Waals surface area contributed by atoms with Crippen molar-refractivity contribution in [1.82, 2.24) is 0 Å². The average Bonchev–Trinajstić information content (AvgIpc) is 2.97. The zero-order valence-corrected chi connectivity index (χ0v) is 27.7. The number of hydrogen-bond acceptors (Lipinski definition) is 4. The molecular formula is C35H61BrO4. The Morgan fingerprint density at radius 1 is 0.600 bits per heavy atom. The van der Waals surface area contributed by atoms with Gasteiger partial charge in [-0.25, -0.2) is 0 Å². The van der Waals surface area contributed by atoms with Crippen LogP contribution < -0.4 is 9.47 Å². The first-order valence-corrected chi connectivity index (χ1v) is 17.9. The van der Waals surface area contributed by atoms with Gasteiger partial charge in [0, 0.05) is 11.8 Å². The summed E-state index contributed by atoms with van der Waals surface area (Å²) in [6.07, 6.45) is 27.5. The highest BCUT2D eigenvalue weighted by molar-refractivity contribution is 9.09. The number of ether oxygens (including phenoxy) is 3. The maximum absolute atomic E-state index is 11.9. The van der Waals surface area contributed by atoms with Gasteiger partial charge < -0.3 is 14.2 Å². The fraction of sp³-hybridized carbons (Fsp3) is 0.800. The van der Waals surface area contributed by atoms with E-state index in [1.54, 1.807) is 0 Å². The van der Waals surface area contributed by atoms with E-state index >= 15 is 0 Å². The Kier molecular flexibility index (Phi) is 25.7. The number of rotatable bonds is 29. The Morgan fingerprint density at radius 2 is 1.05 bits per heavy atom. The molecule has 0 N–H and O–H groups in total. The Hall–Kier alpha value is -1.23. The van der Waals surface area contributed by atoms with Gasteiger partial charge in [-0.1, -0.05) is 151 Å². The zero-order chi connectivity index (χ0) is 28.9. The van der Waals surface area contributed by atoms with Gasteiger partial charge in [-0.3, -0.25) is 4.79 Å². The molecule has 0 saturated carbocycles. The van der Waals surface area contributed by atoms with E-state index in [9.17, 15) is 4.79 Å². The second-order valence-electron chi connectivity index (χ2n) is 11.3. The van der Waals surface area contributed by atoms with Gasteiger partial charge >= 0.3 is 5.97 Å². The molecule has 0 atom stereocenters. The van der Waals surface area contributed by atoms with Crippen LogP contribution in [0.5, 0.6) is 11.5 Å². The van der Waals surface area contributed by atoms with Gasteiger partial charge in [0.05, 0.1) is 13.2 Å². The molecule has 5 heteroatoms. The lowest BCUT2D eigenvalue weighted by molar-refractivity contribution is -0.144. The molecule has 0 saturated heterocycles. The van der Waals surface area contributed by atoms with Crippen LogP contribution in [0.3, 0.4) is 0 Å². The maximum atomic E-state index is 11.9. The van der Waals surface area contributed by atoms with Crippen LogP contribution in [0.4, 0.5) is 0 Å². The summed E-state index contributed by atoms with van der Waals surface area (Å²) in [6.45, 7) is 6.23. The molecule has 0 aliphatic heterocycles. The van der Waals surface area contributed by atoms with Gasteiger partial charge in [-0.2, -0.15) is 0 Å². The van der Waals surface area contributed by atoms with Crippen molar-refractivity contribution in [3.63, 3.8) is 0 Å². The number of halogens is 1. The third-order valence-electron chi connectivity index (χ3n) is 7.43. The minimum atomic E-state index is -0.159. The van der Waals surface area contributed by atoms with Crippen molar-refractivity contribution in [2.24, 2.45) is 0 Å². The lowest BCUT2D eigenvalue weighted by atomic mass is 10.1. The number of esters is 1. The van der Waals surface area contributed by atoms with Crippen molar-refractivity contribution in [2.45, 2.75) is 162 Å². The van der Waals surface area contributed by atoms with Crippen LogP contribution in [0.1, 0.15) is 161 Å². The summed E-state index contributed by atoms with van der Waals surface area (Å²) in [5, 5.41) is 0.810. The van der Waals surface area contributed by atoms with E-state index in [2.05, 4.69) is 29.8 Å². The topological polar surface area (TPSA) is 44.8 Å². The predicted octanol–water partition coefficient (Wildman–Crippen LogP) is 11.5. The van der Waals surface area contributed by atoms with Crippen LogP contribution in [-0.4, -0.2) is 24.5 Å². The highest BCUT2D eigenvalue weighted by Gasteiger charge is 2.10. The van der Waals surface area contributed by atoms with Gasteiger partial charge in [0.15, 0.2) is 11.5 Å². The molecule has 1 aromatic carbocycles. The minimum Gasteiger partial charge on any atom is -0.490 e. The minimum absolute atomic E-state index is 0.159. The predicted molar refractivity (Wildman–Crippen MR) is 174 cm³/mol. The number of unbranched alkanes of at least 4 members (excludes halogenated alkanes) is 18. The highest BCUT2D eigenvalue weighted by Crippen LogP contribution is 2.29. The van der Waals surface area contributed by atoms with Crippen LogP contribution in [0.2, 0.25) is 0 Å². The first kappa shape index (κ1) is 36.8. The summed E-state index contributed by atoms with van der Waals surface area (Å²) in [6, 6.07) is 5.95. The summed E-state index contributed by atoms with van der Waals surface area (Å²) >= 11 is 3.36. The smallest absolute Gasteiger partial charge is 0.306 e. The molecule has 0 fully saturated rings. The number of carbonyl (C=O) groups is 1. The maximum Gasteiger partial charge on any atom is 0.306 e. The average molecular weight is 626 g/mol. The van der Waals surface area contributed by atoms with E-state index in [4.69, 9.17) is 14.2 Å². The lowest BCUT2D eigenvalue weighted by Crippen LogP contribution is -2.06. The Morgan fingerprint density at radius 3 is 1.52 bits per heavy atom.